The molecule has 121 valence electrons. The number of hydrogen-bond acceptors (Lipinski definition) is 0. The summed E-state index contributed by atoms with van der Waals surface area (Å²) >= 11 is 3.35. The number of rotatable bonds is 8. The third-order valence-electron chi connectivity index (χ3n) is 3.90. The van der Waals surface area contributed by atoms with Crippen LogP contribution in [0.2, 0.25) is 0 Å². The fourth-order valence-corrected chi connectivity index (χ4v) is 9.48. The molecule has 0 saturated heterocycles. The van der Waals surface area contributed by atoms with Gasteiger partial charge in [-0.2, -0.15) is 0 Å². The Kier molecular flexibility index (Phi) is 16.1. The average molecular weight is 373 g/mol. The molecule has 0 atom stereocenters. The Morgan fingerprint density at radius 1 is 0.632 bits per heavy atom. The molecule has 0 rings (SSSR count). The standard InChI is InChI=1S/C15H34P2.ClH.Ni/c1-12(2)16(13(3)4)10-9-11-17(14(5)6)15(7)8;;/h12-15H,9-11H2,1-8H3;1H;/q;;+1/p+1. The van der Waals surface area contributed by atoms with Gasteiger partial charge in [0.1, 0.15) is 0 Å². The second kappa shape index (κ2) is 13.3. The van der Waals surface area contributed by atoms with E-state index < -0.39 is 0 Å². The van der Waals surface area contributed by atoms with E-state index in [1.807, 2.05) is 0 Å². The molecule has 0 aromatic carbocycles. The summed E-state index contributed by atoms with van der Waals surface area (Å²) in [7, 11) is 4.05. The molecule has 0 heterocycles. The van der Waals surface area contributed by atoms with E-state index in [1.54, 1.807) is 12.3 Å². The summed E-state index contributed by atoms with van der Waals surface area (Å²) in [6, 6.07) is 0. The molecule has 0 unspecified atom stereocenters. The Hall–Kier alpha value is 1.64. The third kappa shape index (κ3) is 10.9. The van der Waals surface area contributed by atoms with Crippen LogP contribution in [-0.2, 0) is 14.6 Å². The van der Waals surface area contributed by atoms with Gasteiger partial charge in [0, 0.05) is 22.3 Å². The van der Waals surface area contributed by atoms with Crippen LogP contribution in [-0.4, -0.2) is 35.0 Å². The van der Waals surface area contributed by atoms with Crippen LogP contribution in [0.1, 0.15) is 61.8 Å². The molecule has 0 bridgehead atoms. The van der Waals surface area contributed by atoms with Crippen molar-refractivity contribution in [3.63, 3.8) is 0 Å². The van der Waals surface area contributed by atoms with E-state index in [0.717, 1.165) is 22.6 Å². The second-order valence-corrected chi connectivity index (χ2v) is 14.5. The Labute approximate surface area is 137 Å². The Balaban J connectivity index is 0. The summed E-state index contributed by atoms with van der Waals surface area (Å²) in [5.41, 5.74) is 3.81. The van der Waals surface area contributed by atoms with Crippen LogP contribution in [0.3, 0.4) is 0 Å². The maximum absolute atomic E-state index is 4.26. The van der Waals surface area contributed by atoms with Crippen LogP contribution >= 0.6 is 26.0 Å². The predicted molar refractivity (Wildman–Crippen MR) is 97.4 cm³/mol. The summed E-state index contributed by atoms with van der Waals surface area (Å²) in [5, 5.41) is 0. The minimum atomic E-state index is -0.109. The zero-order valence-electron chi connectivity index (χ0n) is 14.1. The van der Waals surface area contributed by atoms with Crippen LogP contribution in [0.25, 0.3) is 0 Å². The van der Waals surface area contributed by atoms with Crippen LogP contribution in [0.5, 0.6) is 0 Å². The van der Waals surface area contributed by atoms with Crippen molar-refractivity contribution in [1.29, 1.82) is 0 Å². The van der Waals surface area contributed by atoms with Crippen molar-refractivity contribution in [2.45, 2.75) is 84.4 Å². The molecule has 0 spiro atoms. The molecule has 0 nitrogen and oxygen atoms in total. The molecule has 0 aliphatic heterocycles. The van der Waals surface area contributed by atoms with Crippen molar-refractivity contribution in [3.8, 4) is 0 Å². The molecule has 19 heavy (non-hydrogen) atoms. The van der Waals surface area contributed by atoms with Crippen molar-refractivity contribution >= 4 is 26.0 Å². The van der Waals surface area contributed by atoms with Crippen molar-refractivity contribution < 1.29 is 14.6 Å². The van der Waals surface area contributed by atoms with Gasteiger partial charge in [0.2, 0.25) is 0 Å². The van der Waals surface area contributed by atoms with Gasteiger partial charge in [-0.25, -0.2) is 0 Å². The molecule has 0 N–H and O–H groups in total. The van der Waals surface area contributed by atoms with Gasteiger partial charge in [0.15, 0.2) is 0 Å². The Morgan fingerprint density at radius 3 is 1.00 bits per heavy atom. The monoisotopic (exact) mass is 371 g/mol. The van der Waals surface area contributed by atoms with E-state index in [-0.39, 0.29) is 15.8 Å². The quantitative estimate of drug-likeness (QED) is 0.355. The molecule has 0 aromatic heterocycles. The van der Waals surface area contributed by atoms with Crippen molar-refractivity contribution in [2.75, 3.05) is 12.3 Å². The fraction of sp³-hybridized carbons (Fsp3) is 1.00. The van der Waals surface area contributed by atoms with Gasteiger partial charge in [-0.05, 0) is 55.4 Å². The first-order valence-electron chi connectivity index (χ1n) is 7.60. The molecule has 0 radical (unpaired) electrons. The molecule has 0 fully saturated rings. The Morgan fingerprint density at radius 2 is 0.842 bits per heavy atom. The maximum atomic E-state index is 4.26. The minimum absolute atomic E-state index is 0.109. The van der Waals surface area contributed by atoms with Gasteiger partial charge in [-0.3, -0.25) is 0 Å². The average Bonchev–Trinajstić information content (AvgIpc) is 2.29. The topological polar surface area (TPSA) is 0 Å². The third-order valence-corrected chi connectivity index (χ3v) is 11.7. The molecular weight excluding hydrogens is 336 g/mol. The number of halogens is 1. The summed E-state index contributed by atoms with van der Waals surface area (Å²) in [5.74, 6) is 0. The van der Waals surface area contributed by atoms with Crippen molar-refractivity contribution in [3.05, 3.63) is 0 Å². The molecule has 4 heteroatoms. The van der Waals surface area contributed by atoms with E-state index in [1.165, 1.54) is 6.42 Å². The van der Waals surface area contributed by atoms with Gasteiger partial charge < -0.3 is 0 Å². The van der Waals surface area contributed by atoms with Crippen LogP contribution < -0.4 is 0 Å². The van der Waals surface area contributed by atoms with Crippen molar-refractivity contribution in [2.24, 2.45) is 0 Å². The molecule has 0 aliphatic carbocycles. The van der Waals surface area contributed by atoms with Gasteiger partial charge in [-0.15, -0.1) is 0 Å². The Bertz CT molecular complexity index is 161. The summed E-state index contributed by atoms with van der Waals surface area (Å²) in [6.45, 7) is 19.5. The van der Waals surface area contributed by atoms with E-state index in [0.29, 0.717) is 0 Å². The SMILES string of the molecule is CC(C)[PH+](CCC[PH+](C(C)C)C(C)C)C(C)C.[Cl][Ni]. The summed E-state index contributed by atoms with van der Waals surface area (Å²) < 4.78 is 0. The zero-order valence-corrected chi connectivity index (χ0v) is 17.9. The van der Waals surface area contributed by atoms with Crippen molar-refractivity contribution in [1.82, 2.24) is 0 Å². The summed E-state index contributed by atoms with van der Waals surface area (Å²) in [4.78, 5) is 0. The van der Waals surface area contributed by atoms with Gasteiger partial charge >= 0.3 is 24.8 Å². The van der Waals surface area contributed by atoms with Gasteiger partial charge in [0.05, 0.1) is 35.0 Å². The van der Waals surface area contributed by atoms with Crippen LogP contribution in [0.15, 0.2) is 0 Å². The molecular formula is C15H36ClNiP2+2. The molecule has 0 aromatic rings. The first-order valence-corrected chi connectivity index (χ1v) is 12.7. The van der Waals surface area contributed by atoms with Gasteiger partial charge in [-0.1, -0.05) is 0 Å². The van der Waals surface area contributed by atoms with Crippen LogP contribution in [0, 0.1) is 0 Å². The second-order valence-electron chi connectivity index (χ2n) is 6.62. The van der Waals surface area contributed by atoms with Gasteiger partial charge in [0.25, 0.3) is 0 Å². The predicted octanol–water partition coefficient (Wildman–Crippen LogP) is 6.13. The molecule has 0 aliphatic rings. The molecule has 0 amide bonds. The van der Waals surface area contributed by atoms with E-state index >= 15 is 0 Å². The van der Waals surface area contributed by atoms with Crippen LogP contribution in [0.4, 0.5) is 0 Å². The summed E-state index contributed by atoms with van der Waals surface area (Å²) in [6.07, 6.45) is 4.61. The fourth-order valence-electron chi connectivity index (χ4n) is 2.98. The first-order chi connectivity index (χ1) is 8.77. The zero-order chi connectivity index (χ0) is 15.6. The first kappa shape index (κ1) is 22.9. The molecule has 0 saturated carbocycles. The van der Waals surface area contributed by atoms with E-state index in [9.17, 15) is 0 Å². The normalized spacial score (nSPS) is 12.1. The van der Waals surface area contributed by atoms with E-state index in [2.05, 4.69) is 80.2 Å². The van der Waals surface area contributed by atoms with E-state index in [4.69, 9.17) is 0 Å². The number of hydrogen-bond donors (Lipinski definition) is 0.